The topological polar surface area (TPSA) is 35.9 Å². The maximum Gasteiger partial charge on any atom is 0.203 e. The van der Waals surface area contributed by atoms with E-state index < -0.39 is 0 Å². The fraction of sp³-hybridized carbons (Fsp3) is 0.429. The molecule has 1 aliphatic rings. The first-order valence-electron chi connectivity index (χ1n) is 11.6. The molecule has 0 fully saturated rings. The van der Waals surface area contributed by atoms with Crippen LogP contribution in [0.5, 0.6) is 17.2 Å². The van der Waals surface area contributed by atoms with E-state index in [9.17, 15) is 0 Å². The SMILES string of the molecule is COc1ccc(CN2CCCn3cccc3[C@H]2c2ccc(C(C)(C)C)cc2)c(OC)c1OC. The van der Waals surface area contributed by atoms with Crippen LogP contribution in [0.4, 0.5) is 0 Å². The van der Waals surface area contributed by atoms with Gasteiger partial charge >= 0.3 is 0 Å². The van der Waals surface area contributed by atoms with Crippen molar-refractivity contribution >= 4 is 0 Å². The highest BCUT2D eigenvalue weighted by atomic mass is 16.5. The molecule has 0 aliphatic carbocycles. The minimum atomic E-state index is 0.134. The van der Waals surface area contributed by atoms with E-state index in [2.05, 4.69) is 78.9 Å². The summed E-state index contributed by atoms with van der Waals surface area (Å²) < 4.78 is 19.3. The molecule has 0 saturated carbocycles. The molecule has 2 aromatic carbocycles. The summed E-state index contributed by atoms with van der Waals surface area (Å²) in [5.41, 5.74) is 5.21. The molecule has 33 heavy (non-hydrogen) atoms. The zero-order valence-electron chi connectivity index (χ0n) is 20.7. The van der Waals surface area contributed by atoms with Crippen molar-refractivity contribution in [1.29, 1.82) is 0 Å². The summed E-state index contributed by atoms with van der Waals surface area (Å²) in [6.45, 7) is 9.54. The lowest BCUT2D eigenvalue weighted by atomic mass is 9.86. The summed E-state index contributed by atoms with van der Waals surface area (Å²) in [4.78, 5) is 2.55. The highest BCUT2D eigenvalue weighted by Crippen LogP contribution is 2.42. The molecule has 5 nitrogen and oxygen atoms in total. The average Bonchev–Trinajstić information content (AvgIpc) is 3.19. The summed E-state index contributed by atoms with van der Waals surface area (Å²) in [5.74, 6) is 2.05. The zero-order chi connectivity index (χ0) is 23.6. The van der Waals surface area contributed by atoms with Gasteiger partial charge in [-0.1, -0.05) is 51.1 Å². The van der Waals surface area contributed by atoms with Crippen molar-refractivity contribution in [3.05, 3.63) is 77.1 Å². The highest BCUT2D eigenvalue weighted by Gasteiger charge is 2.29. The largest absolute Gasteiger partial charge is 0.493 e. The van der Waals surface area contributed by atoms with Crippen LogP contribution in [-0.2, 0) is 18.5 Å². The van der Waals surface area contributed by atoms with Gasteiger partial charge in [0.05, 0.1) is 27.4 Å². The summed E-state index contributed by atoms with van der Waals surface area (Å²) in [6.07, 6.45) is 3.29. The number of methoxy groups -OCH3 is 3. The van der Waals surface area contributed by atoms with Crippen molar-refractivity contribution in [2.45, 2.75) is 51.7 Å². The standard InChI is InChI=1S/C28H36N2O3/c1-28(2,3)22-13-10-20(11-14-22)25-23-9-7-16-29(23)17-8-18-30(25)19-21-12-15-24(31-4)27(33-6)26(21)32-5/h7,9-16,25H,8,17-19H2,1-6H3/t25-/m1/s1. The molecule has 1 aromatic heterocycles. The van der Waals surface area contributed by atoms with Gasteiger partial charge in [0.2, 0.25) is 5.75 Å². The third-order valence-electron chi connectivity index (χ3n) is 6.61. The van der Waals surface area contributed by atoms with Gasteiger partial charge in [-0.25, -0.2) is 0 Å². The van der Waals surface area contributed by atoms with Crippen LogP contribution < -0.4 is 14.2 Å². The Bertz CT molecular complexity index is 1080. The third-order valence-corrected chi connectivity index (χ3v) is 6.61. The highest BCUT2D eigenvalue weighted by molar-refractivity contribution is 5.55. The average molecular weight is 449 g/mol. The molecule has 3 aromatic rings. The first kappa shape index (κ1) is 23.2. The molecule has 0 spiro atoms. The minimum absolute atomic E-state index is 0.134. The molecule has 0 unspecified atom stereocenters. The molecule has 5 heteroatoms. The minimum Gasteiger partial charge on any atom is -0.493 e. The Labute approximate surface area is 197 Å². The number of fused-ring (bicyclic) bond motifs is 1. The van der Waals surface area contributed by atoms with Gasteiger partial charge in [0, 0.05) is 37.1 Å². The molecular formula is C28H36N2O3. The van der Waals surface area contributed by atoms with Crippen LogP contribution in [0.3, 0.4) is 0 Å². The van der Waals surface area contributed by atoms with Crippen LogP contribution in [-0.4, -0.2) is 37.3 Å². The number of benzene rings is 2. The first-order valence-corrected chi connectivity index (χ1v) is 11.6. The van der Waals surface area contributed by atoms with E-state index in [1.54, 1.807) is 21.3 Å². The molecule has 0 saturated heterocycles. The third kappa shape index (κ3) is 4.60. The first-order chi connectivity index (χ1) is 15.9. The predicted molar refractivity (Wildman–Crippen MR) is 133 cm³/mol. The molecule has 0 N–H and O–H groups in total. The van der Waals surface area contributed by atoms with E-state index in [1.807, 2.05) is 6.07 Å². The van der Waals surface area contributed by atoms with E-state index in [0.717, 1.165) is 37.4 Å². The Kier molecular flexibility index (Phi) is 6.71. The number of aryl methyl sites for hydroxylation is 1. The number of ether oxygens (including phenoxy) is 3. The Morgan fingerprint density at radius 3 is 2.21 bits per heavy atom. The summed E-state index contributed by atoms with van der Waals surface area (Å²) >= 11 is 0. The van der Waals surface area contributed by atoms with Gasteiger partial charge in [0.1, 0.15) is 0 Å². The predicted octanol–water partition coefficient (Wildman–Crippen LogP) is 5.81. The van der Waals surface area contributed by atoms with Crippen LogP contribution in [0.2, 0.25) is 0 Å². The van der Waals surface area contributed by atoms with Gasteiger partial charge in [-0.2, -0.15) is 0 Å². The van der Waals surface area contributed by atoms with E-state index >= 15 is 0 Å². The monoisotopic (exact) mass is 448 g/mol. The van der Waals surface area contributed by atoms with Crippen molar-refractivity contribution in [2.24, 2.45) is 0 Å². The number of rotatable bonds is 6. The van der Waals surface area contributed by atoms with Crippen LogP contribution in [0.1, 0.15) is 55.6 Å². The molecule has 1 atom stereocenters. The number of hydrogen-bond donors (Lipinski definition) is 0. The fourth-order valence-electron chi connectivity index (χ4n) is 4.86. The second kappa shape index (κ2) is 9.52. The lowest BCUT2D eigenvalue weighted by Gasteiger charge is -2.32. The van der Waals surface area contributed by atoms with Crippen LogP contribution in [0, 0.1) is 0 Å². The molecule has 2 heterocycles. The zero-order valence-corrected chi connectivity index (χ0v) is 20.7. The molecular weight excluding hydrogens is 412 g/mol. The van der Waals surface area contributed by atoms with Crippen molar-refractivity contribution in [3.63, 3.8) is 0 Å². The summed E-state index contributed by atoms with van der Waals surface area (Å²) in [7, 11) is 5.00. The fourth-order valence-corrected chi connectivity index (χ4v) is 4.86. The Hall–Kier alpha value is -2.92. The van der Waals surface area contributed by atoms with Gasteiger partial charge in [0.15, 0.2) is 11.5 Å². The van der Waals surface area contributed by atoms with Gasteiger partial charge in [-0.05, 0) is 41.2 Å². The smallest absolute Gasteiger partial charge is 0.203 e. The van der Waals surface area contributed by atoms with E-state index in [4.69, 9.17) is 14.2 Å². The quantitative estimate of drug-likeness (QED) is 0.477. The Balaban J connectivity index is 1.75. The van der Waals surface area contributed by atoms with Crippen molar-refractivity contribution < 1.29 is 14.2 Å². The van der Waals surface area contributed by atoms with E-state index in [-0.39, 0.29) is 11.5 Å². The van der Waals surface area contributed by atoms with Crippen LogP contribution >= 0.6 is 0 Å². The van der Waals surface area contributed by atoms with E-state index in [0.29, 0.717) is 11.5 Å². The molecule has 0 amide bonds. The lowest BCUT2D eigenvalue weighted by Crippen LogP contribution is -2.29. The van der Waals surface area contributed by atoms with Gasteiger partial charge in [-0.15, -0.1) is 0 Å². The Morgan fingerprint density at radius 1 is 0.848 bits per heavy atom. The van der Waals surface area contributed by atoms with Crippen LogP contribution in [0.25, 0.3) is 0 Å². The molecule has 4 rings (SSSR count). The van der Waals surface area contributed by atoms with Gasteiger partial charge in [0.25, 0.3) is 0 Å². The van der Waals surface area contributed by atoms with Gasteiger partial charge in [-0.3, -0.25) is 4.90 Å². The maximum absolute atomic E-state index is 5.79. The van der Waals surface area contributed by atoms with Gasteiger partial charge < -0.3 is 18.8 Å². The van der Waals surface area contributed by atoms with Crippen molar-refractivity contribution in [1.82, 2.24) is 9.47 Å². The second-order valence-electron chi connectivity index (χ2n) is 9.72. The molecule has 0 bridgehead atoms. The lowest BCUT2D eigenvalue weighted by molar-refractivity contribution is 0.216. The molecule has 0 radical (unpaired) electrons. The molecule has 1 aliphatic heterocycles. The van der Waals surface area contributed by atoms with E-state index in [1.165, 1.54) is 16.8 Å². The second-order valence-corrected chi connectivity index (χ2v) is 9.72. The number of aromatic nitrogens is 1. The maximum atomic E-state index is 5.79. The number of hydrogen-bond acceptors (Lipinski definition) is 4. The Morgan fingerprint density at radius 2 is 1.58 bits per heavy atom. The summed E-state index contributed by atoms with van der Waals surface area (Å²) in [6, 6.07) is 17.8. The van der Waals surface area contributed by atoms with Crippen molar-refractivity contribution in [2.75, 3.05) is 27.9 Å². The van der Waals surface area contributed by atoms with Crippen LogP contribution in [0.15, 0.2) is 54.7 Å². The number of nitrogens with zero attached hydrogens (tertiary/aromatic N) is 2. The van der Waals surface area contributed by atoms with Crippen molar-refractivity contribution in [3.8, 4) is 17.2 Å². The normalized spacial score (nSPS) is 16.7. The molecule has 176 valence electrons. The summed E-state index contributed by atoms with van der Waals surface area (Å²) in [5, 5.41) is 0.